The van der Waals surface area contributed by atoms with Gasteiger partial charge in [-0.3, -0.25) is 4.79 Å². The lowest BCUT2D eigenvalue weighted by atomic mass is 9.98. The standard InChI is InChI=1S/C20H24N2O4S/c1-21(17-8-4-3-5-9-17)20(23)16-7-6-14-22(15-16)27(24,25)19-12-10-18(26-2)11-13-19/h3-5,8-13,16H,6-7,14-15H2,1-2H3. The number of hydrogen-bond donors (Lipinski definition) is 0. The van der Waals surface area contributed by atoms with Crippen LogP contribution in [-0.4, -0.2) is 45.9 Å². The number of benzene rings is 2. The molecule has 0 saturated carbocycles. The van der Waals surface area contributed by atoms with Crippen molar-refractivity contribution in [2.24, 2.45) is 5.92 Å². The van der Waals surface area contributed by atoms with Crippen LogP contribution < -0.4 is 9.64 Å². The number of piperidine rings is 1. The number of ether oxygens (including phenoxy) is 1. The highest BCUT2D eigenvalue weighted by molar-refractivity contribution is 7.89. The number of amides is 1. The van der Waals surface area contributed by atoms with Gasteiger partial charge in [-0.2, -0.15) is 4.31 Å². The van der Waals surface area contributed by atoms with Gasteiger partial charge in [-0.1, -0.05) is 18.2 Å². The van der Waals surface area contributed by atoms with Crippen molar-refractivity contribution in [1.29, 1.82) is 0 Å². The summed E-state index contributed by atoms with van der Waals surface area (Å²) in [5, 5.41) is 0. The van der Waals surface area contributed by atoms with Gasteiger partial charge in [0, 0.05) is 25.8 Å². The summed E-state index contributed by atoms with van der Waals surface area (Å²) < 4.78 is 32.4. The molecule has 1 amide bonds. The number of anilines is 1. The average Bonchev–Trinajstić information content (AvgIpc) is 2.73. The van der Waals surface area contributed by atoms with E-state index in [0.29, 0.717) is 25.1 Å². The maximum atomic E-state index is 13.0. The van der Waals surface area contributed by atoms with Crippen LogP contribution in [0.25, 0.3) is 0 Å². The minimum absolute atomic E-state index is 0.0594. The summed E-state index contributed by atoms with van der Waals surface area (Å²) in [6, 6.07) is 15.7. The van der Waals surface area contributed by atoms with Crippen LogP contribution in [0, 0.1) is 5.92 Å². The highest BCUT2D eigenvalue weighted by atomic mass is 32.2. The average molecular weight is 388 g/mol. The normalized spacial score (nSPS) is 18.1. The van der Waals surface area contributed by atoms with Gasteiger partial charge in [0.25, 0.3) is 0 Å². The zero-order chi connectivity index (χ0) is 19.4. The Labute approximate surface area is 160 Å². The Hall–Kier alpha value is -2.38. The highest BCUT2D eigenvalue weighted by Crippen LogP contribution is 2.27. The number of para-hydroxylation sites is 1. The van der Waals surface area contributed by atoms with Crippen LogP contribution in [0.5, 0.6) is 5.75 Å². The quantitative estimate of drug-likeness (QED) is 0.790. The van der Waals surface area contributed by atoms with E-state index >= 15 is 0 Å². The summed E-state index contributed by atoms with van der Waals surface area (Å²) in [5.74, 6) is 0.193. The lowest BCUT2D eigenvalue weighted by Crippen LogP contribution is -2.45. The number of rotatable bonds is 5. The zero-order valence-electron chi connectivity index (χ0n) is 15.5. The molecular weight excluding hydrogens is 364 g/mol. The molecule has 1 aliphatic heterocycles. The second-order valence-corrected chi connectivity index (χ2v) is 8.55. The molecule has 0 N–H and O–H groups in total. The molecule has 0 radical (unpaired) electrons. The Morgan fingerprint density at radius 3 is 2.41 bits per heavy atom. The Bertz CT molecular complexity index is 882. The molecule has 1 unspecified atom stereocenters. The van der Waals surface area contributed by atoms with E-state index in [-0.39, 0.29) is 23.3 Å². The first-order valence-corrected chi connectivity index (χ1v) is 10.3. The molecule has 0 aliphatic carbocycles. The Morgan fingerprint density at radius 1 is 1.11 bits per heavy atom. The van der Waals surface area contributed by atoms with Crippen molar-refractivity contribution < 1.29 is 17.9 Å². The van der Waals surface area contributed by atoms with E-state index in [1.807, 2.05) is 30.3 Å². The summed E-state index contributed by atoms with van der Waals surface area (Å²) in [4.78, 5) is 14.7. The van der Waals surface area contributed by atoms with Crippen molar-refractivity contribution in [3.05, 3.63) is 54.6 Å². The monoisotopic (exact) mass is 388 g/mol. The summed E-state index contributed by atoms with van der Waals surface area (Å²) in [6.07, 6.45) is 1.35. The van der Waals surface area contributed by atoms with Gasteiger partial charge in [0.05, 0.1) is 17.9 Å². The predicted molar refractivity (Wildman–Crippen MR) is 104 cm³/mol. The number of carbonyl (C=O) groups is 1. The van der Waals surface area contributed by atoms with Crippen LogP contribution in [0.1, 0.15) is 12.8 Å². The fraction of sp³-hybridized carbons (Fsp3) is 0.350. The molecule has 1 heterocycles. The molecule has 2 aromatic rings. The number of methoxy groups -OCH3 is 1. The molecule has 144 valence electrons. The van der Waals surface area contributed by atoms with Crippen LogP contribution in [0.3, 0.4) is 0 Å². The van der Waals surface area contributed by atoms with E-state index in [0.717, 1.165) is 5.69 Å². The molecule has 7 heteroatoms. The summed E-state index contributed by atoms with van der Waals surface area (Å²) in [7, 11) is -0.371. The first-order valence-electron chi connectivity index (χ1n) is 8.90. The van der Waals surface area contributed by atoms with Gasteiger partial charge in [-0.15, -0.1) is 0 Å². The van der Waals surface area contributed by atoms with Crippen molar-refractivity contribution in [3.63, 3.8) is 0 Å². The maximum absolute atomic E-state index is 13.0. The van der Waals surface area contributed by atoms with Crippen LogP contribution >= 0.6 is 0 Å². The van der Waals surface area contributed by atoms with E-state index in [1.165, 1.54) is 23.5 Å². The van der Waals surface area contributed by atoms with Crippen LogP contribution in [0.4, 0.5) is 5.69 Å². The second kappa shape index (κ2) is 8.10. The Balaban J connectivity index is 1.75. The molecular formula is C20H24N2O4S. The van der Waals surface area contributed by atoms with Crippen molar-refractivity contribution in [2.75, 3.05) is 32.1 Å². The van der Waals surface area contributed by atoms with Gasteiger partial charge in [0.15, 0.2) is 0 Å². The third-order valence-electron chi connectivity index (χ3n) is 4.90. The minimum Gasteiger partial charge on any atom is -0.497 e. The van der Waals surface area contributed by atoms with Gasteiger partial charge in [0.1, 0.15) is 5.75 Å². The van der Waals surface area contributed by atoms with E-state index < -0.39 is 10.0 Å². The number of hydrogen-bond acceptors (Lipinski definition) is 4. The second-order valence-electron chi connectivity index (χ2n) is 6.61. The maximum Gasteiger partial charge on any atom is 0.243 e. The molecule has 1 fully saturated rings. The fourth-order valence-corrected chi connectivity index (χ4v) is 4.84. The van der Waals surface area contributed by atoms with E-state index in [2.05, 4.69) is 0 Å². The minimum atomic E-state index is -3.64. The van der Waals surface area contributed by atoms with Crippen LogP contribution in [0.15, 0.2) is 59.5 Å². The molecule has 1 aliphatic rings. The van der Waals surface area contributed by atoms with E-state index in [4.69, 9.17) is 4.74 Å². The molecule has 0 aromatic heterocycles. The fourth-order valence-electron chi connectivity index (χ4n) is 3.31. The molecule has 2 aromatic carbocycles. The summed E-state index contributed by atoms with van der Waals surface area (Å²) in [6.45, 7) is 0.623. The third-order valence-corrected chi connectivity index (χ3v) is 6.78. The van der Waals surface area contributed by atoms with Crippen molar-refractivity contribution in [2.45, 2.75) is 17.7 Å². The molecule has 1 saturated heterocycles. The SMILES string of the molecule is COc1ccc(S(=O)(=O)N2CCCC(C(=O)N(C)c3ccccc3)C2)cc1. The molecule has 27 heavy (non-hydrogen) atoms. The Kier molecular flexibility index (Phi) is 5.82. The smallest absolute Gasteiger partial charge is 0.243 e. The van der Waals surface area contributed by atoms with Crippen molar-refractivity contribution >= 4 is 21.6 Å². The molecule has 3 rings (SSSR count). The van der Waals surface area contributed by atoms with E-state index in [9.17, 15) is 13.2 Å². The topological polar surface area (TPSA) is 66.9 Å². The predicted octanol–water partition coefficient (Wildman–Crippen LogP) is 2.76. The van der Waals surface area contributed by atoms with Crippen molar-refractivity contribution in [1.82, 2.24) is 4.31 Å². The molecule has 1 atom stereocenters. The van der Waals surface area contributed by atoms with Crippen molar-refractivity contribution in [3.8, 4) is 5.75 Å². The van der Waals surface area contributed by atoms with Gasteiger partial charge >= 0.3 is 0 Å². The van der Waals surface area contributed by atoms with Crippen LogP contribution in [0.2, 0.25) is 0 Å². The largest absolute Gasteiger partial charge is 0.497 e. The van der Waals surface area contributed by atoms with Gasteiger partial charge in [-0.25, -0.2) is 8.42 Å². The first kappa shape index (κ1) is 19.4. The zero-order valence-corrected chi connectivity index (χ0v) is 16.4. The molecule has 0 spiro atoms. The Morgan fingerprint density at radius 2 is 1.78 bits per heavy atom. The van der Waals surface area contributed by atoms with Gasteiger partial charge < -0.3 is 9.64 Å². The summed E-state index contributed by atoms with van der Waals surface area (Å²) in [5.41, 5.74) is 0.803. The highest BCUT2D eigenvalue weighted by Gasteiger charge is 2.34. The lowest BCUT2D eigenvalue weighted by Gasteiger charge is -2.33. The van der Waals surface area contributed by atoms with E-state index in [1.54, 1.807) is 24.1 Å². The van der Waals surface area contributed by atoms with Gasteiger partial charge in [0.2, 0.25) is 15.9 Å². The summed E-state index contributed by atoms with van der Waals surface area (Å²) >= 11 is 0. The number of sulfonamides is 1. The third kappa shape index (κ3) is 4.14. The molecule has 0 bridgehead atoms. The molecule has 6 nitrogen and oxygen atoms in total. The van der Waals surface area contributed by atoms with Crippen LogP contribution in [-0.2, 0) is 14.8 Å². The van der Waals surface area contributed by atoms with Gasteiger partial charge in [-0.05, 0) is 49.2 Å². The number of carbonyl (C=O) groups excluding carboxylic acids is 1. The number of nitrogens with zero attached hydrogens (tertiary/aromatic N) is 2. The first-order chi connectivity index (χ1) is 12.9. The lowest BCUT2D eigenvalue weighted by molar-refractivity contribution is -0.123.